The van der Waals surface area contributed by atoms with Gasteiger partial charge < -0.3 is 15.6 Å². The first kappa shape index (κ1) is 33.0. The standard InChI is InChI=1S/C31H53NO5/c1-5-7-8-9-10-11-12-13-14-15-16-17-18-19-20-22-25(23-27-26(21-6-2)28(33)37-27)31(24(3)4,29(32)34)30(35)36/h2,24-27H,5,7-23H2,1,3-4H3,(H2,32,34)(H,35,36)/t25-,26+,27+,31+/m0/s1. The molecule has 0 saturated carbocycles. The van der Waals surface area contributed by atoms with Crippen molar-refractivity contribution in [3.63, 3.8) is 0 Å². The fraction of sp³-hybridized carbons (Fsp3) is 0.839. The highest BCUT2D eigenvalue weighted by molar-refractivity contribution is 6.01. The van der Waals surface area contributed by atoms with Crippen molar-refractivity contribution in [3.05, 3.63) is 0 Å². The predicted molar refractivity (Wildman–Crippen MR) is 149 cm³/mol. The van der Waals surface area contributed by atoms with Crippen molar-refractivity contribution in [2.75, 3.05) is 0 Å². The van der Waals surface area contributed by atoms with E-state index >= 15 is 0 Å². The number of carbonyl (C=O) groups excluding carboxylic acids is 2. The van der Waals surface area contributed by atoms with Crippen LogP contribution in [-0.2, 0) is 19.1 Å². The van der Waals surface area contributed by atoms with E-state index in [1.165, 1.54) is 77.0 Å². The molecule has 0 unspecified atom stereocenters. The molecule has 212 valence electrons. The molecule has 3 N–H and O–H groups in total. The molecule has 1 aliphatic heterocycles. The first-order valence-electron chi connectivity index (χ1n) is 14.9. The maximum absolute atomic E-state index is 12.6. The molecular formula is C31H53NO5. The third-order valence-electron chi connectivity index (χ3n) is 8.35. The molecule has 1 amide bonds. The number of amides is 1. The van der Waals surface area contributed by atoms with Crippen molar-refractivity contribution in [2.45, 2.75) is 142 Å². The number of cyclic esters (lactones) is 1. The number of esters is 1. The lowest BCUT2D eigenvalue weighted by atomic mass is 9.62. The Labute approximate surface area is 225 Å². The van der Waals surface area contributed by atoms with Crippen LogP contribution in [0.1, 0.15) is 136 Å². The quantitative estimate of drug-likeness (QED) is 0.0652. The van der Waals surface area contributed by atoms with Gasteiger partial charge in [-0.2, -0.15) is 0 Å². The summed E-state index contributed by atoms with van der Waals surface area (Å²) in [6.45, 7) is 5.71. The Hall–Kier alpha value is -2.03. The zero-order valence-corrected chi connectivity index (χ0v) is 23.8. The second kappa shape index (κ2) is 18.3. The Morgan fingerprint density at radius 1 is 0.946 bits per heavy atom. The minimum atomic E-state index is -1.70. The third kappa shape index (κ3) is 10.3. The number of terminal acetylenes is 1. The molecule has 0 aromatic carbocycles. The number of nitrogens with two attached hydrogens (primary N) is 1. The van der Waals surface area contributed by atoms with Crippen LogP contribution in [0, 0.1) is 35.5 Å². The lowest BCUT2D eigenvalue weighted by molar-refractivity contribution is -0.189. The predicted octanol–water partition coefficient (Wildman–Crippen LogP) is 7.03. The maximum atomic E-state index is 12.6. The summed E-state index contributed by atoms with van der Waals surface area (Å²) in [5.74, 6) is -1.28. The summed E-state index contributed by atoms with van der Waals surface area (Å²) in [6, 6.07) is 0. The fourth-order valence-electron chi connectivity index (χ4n) is 6.01. The number of ether oxygens (including phenoxy) is 1. The molecule has 0 radical (unpaired) electrons. The number of unbranched alkanes of at least 4 members (excludes halogenated alkanes) is 14. The smallest absolute Gasteiger partial charge is 0.319 e. The molecule has 6 heteroatoms. The Morgan fingerprint density at radius 2 is 1.41 bits per heavy atom. The van der Waals surface area contributed by atoms with E-state index in [2.05, 4.69) is 12.8 Å². The fourth-order valence-corrected chi connectivity index (χ4v) is 6.01. The molecule has 0 spiro atoms. The number of carbonyl (C=O) groups is 3. The van der Waals surface area contributed by atoms with Crippen LogP contribution in [0.3, 0.4) is 0 Å². The van der Waals surface area contributed by atoms with Crippen molar-refractivity contribution >= 4 is 17.8 Å². The van der Waals surface area contributed by atoms with Crippen molar-refractivity contribution in [3.8, 4) is 12.3 Å². The molecule has 0 aromatic heterocycles. The number of aliphatic carboxylic acids is 1. The molecule has 1 heterocycles. The average molecular weight is 520 g/mol. The molecule has 1 aliphatic rings. The SMILES string of the molecule is C#CC[C@H]1C(=O)O[C@@H]1C[C@H](CCCCCCCCCCCCCCCCC)[C@](C(N)=O)(C(=O)O)C(C)C. The zero-order valence-electron chi connectivity index (χ0n) is 23.8. The summed E-state index contributed by atoms with van der Waals surface area (Å²) in [7, 11) is 0. The molecule has 0 aromatic rings. The normalized spacial score (nSPS) is 19.5. The molecule has 1 rings (SSSR count). The third-order valence-corrected chi connectivity index (χ3v) is 8.35. The highest BCUT2D eigenvalue weighted by atomic mass is 16.6. The van der Waals surface area contributed by atoms with Crippen LogP contribution in [0.4, 0.5) is 0 Å². The Balaban J connectivity index is 2.45. The van der Waals surface area contributed by atoms with Crippen LogP contribution in [-0.4, -0.2) is 29.1 Å². The van der Waals surface area contributed by atoms with Gasteiger partial charge in [0.05, 0.1) is 0 Å². The van der Waals surface area contributed by atoms with E-state index < -0.39 is 41.1 Å². The highest BCUT2D eigenvalue weighted by Gasteiger charge is 2.56. The van der Waals surface area contributed by atoms with Crippen LogP contribution in [0.15, 0.2) is 0 Å². The summed E-state index contributed by atoms with van der Waals surface area (Å²) >= 11 is 0. The number of rotatable bonds is 23. The first-order valence-corrected chi connectivity index (χ1v) is 14.9. The molecule has 1 fully saturated rings. The summed E-state index contributed by atoms with van der Waals surface area (Å²) in [5.41, 5.74) is 4.03. The van der Waals surface area contributed by atoms with Gasteiger partial charge in [-0.25, -0.2) is 0 Å². The van der Waals surface area contributed by atoms with E-state index in [9.17, 15) is 19.5 Å². The number of hydrogen-bond donors (Lipinski definition) is 2. The molecular weight excluding hydrogens is 466 g/mol. The average Bonchev–Trinajstić information content (AvgIpc) is 2.84. The van der Waals surface area contributed by atoms with Gasteiger partial charge >= 0.3 is 11.9 Å². The second-order valence-electron chi connectivity index (χ2n) is 11.4. The van der Waals surface area contributed by atoms with Crippen molar-refractivity contribution in [1.82, 2.24) is 0 Å². The van der Waals surface area contributed by atoms with Crippen LogP contribution < -0.4 is 5.73 Å². The van der Waals surface area contributed by atoms with Gasteiger partial charge in [-0.3, -0.25) is 14.4 Å². The largest absolute Gasteiger partial charge is 0.480 e. The van der Waals surface area contributed by atoms with Gasteiger partial charge in [0.1, 0.15) is 12.0 Å². The lowest BCUT2D eigenvalue weighted by Gasteiger charge is -2.43. The molecule has 0 aliphatic carbocycles. The molecule has 0 bridgehead atoms. The number of hydrogen-bond acceptors (Lipinski definition) is 4. The van der Waals surface area contributed by atoms with E-state index in [-0.39, 0.29) is 12.4 Å². The van der Waals surface area contributed by atoms with Gasteiger partial charge in [0.2, 0.25) is 5.91 Å². The van der Waals surface area contributed by atoms with Crippen molar-refractivity contribution in [2.24, 2.45) is 28.9 Å². The van der Waals surface area contributed by atoms with Crippen molar-refractivity contribution in [1.29, 1.82) is 0 Å². The van der Waals surface area contributed by atoms with Gasteiger partial charge in [-0.15, -0.1) is 12.3 Å². The Bertz CT molecular complexity index is 712. The summed E-state index contributed by atoms with van der Waals surface area (Å²) in [4.78, 5) is 36.8. The van der Waals surface area contributed by atoms with Crippen molar-refractivity contribution < 1.29 is 24.2 Å². The molecule has 1 saturated heterocycles. The highest BCUT2D eigenvalue weighted by Crippen LogP contribution is 2.45. The lowest BCUT2D eigenvalue weighted by Crippen LogP contribution is -2.56. The number of carboxylic acid groups (broad SMARTS) is 1. The Kier molecular flexibility index (Phi) is 16.3. The number of carboxylic acids is 1. The van der Waals surface area contributed by atoms with E-state index in [1.807, 2.05) is 0 Å². The maximum Gasteiger partial charge on any atom is 0.319 e. The van der Waals surface area contributed by atoms with Gasteiger partial charge in [-0.05, 0) is 24.7 Å². The van der Waals surface area contributed by atoms with E-state index in [0.29, 0.717) is 12.8 Å². The van der Waals surface area contributed by atoms with Crippen LogP contribution >= 0.6 is 0 Å². The van der Waals surface area contributed by atoms with E-state index in [4.69, 9.17) is 16.9 Å². The number of primary amides is 1. The van der Waals surface area contributed by atoms with Crippen LogP contribution in [0.5, 0.6) is 0 Å². The summed E-state index contributed by atoms with van der Waals surface area (Å²) in [5, 5.41) is 10.1. The minimum Gasteiger partial charge on any atom is -0.480 e. The van der Waals surface area contributed by atoms with Gasteiger partial charge in [-0.1, -0.05) is 117 Å². The molecule has 4 atom stereocenters. The van der Waals surface area contributed by atoms with E-state index in [0.717, 1.165) is 19.3 Å². The van der Waals surface area contributed by atoms with Gasteiger partial charge in [0.15, 0.2) is 5.41 Å². The monoisotopic (exact) mass is 519 g/mol. The van der Waals surface area contributed by atoms with Crippen LogP contribution in [0.2, 0.25) is 0 Å². The minimum absolute atomic E-state index is 0.257. The molecule has 6 nitrogen and oxygen atoms in total. The Morgan fingerprint density at radius 3 is 1.76 bits per heavy atom. The first-order chi connectivity index (χ1) is 17.7. The van der Waals surface area contributed by atoms with E-state index in [1.54, 1.807) is 13.8 Å². The molecule has 37 heavy (non-hydrogen) atoms. The van der Waals surface area contributed by atoms with Gasteiger partial charge in [0.25, 0.3) is 0 Å². The van der Waals surface area contributed by atoms with Crippen LogP contribution in [0.25, 0.3) is 0 Å². The summed E-state index contributed by atoms with van der Waals surface area (Å²) < 4.78 is 5.32. The topological polar surface area (TPSA) is 107 Å². The summed E-state index contributed by atoms with van der Waals surface area (Å²) in [6.07, 6.45) is 24.8. The second-order valence-corrected chi connectivity index (χ2v) is 11.4. The van der Waals surface area contributed by atoms with Gasteiger partial charge in [0, 0.05) is 6.42 Å². The zero-order chi connectivity index (χ0) is 27.7.